The Kier molecular flexibility index (Phi) is 3.66. The Hall–Kier alpha value is -0.810. The van der Waals surface area contributed by atoms with Gasteiger partial charge in [-0.2, -0.15) is 0 Å². The summed E-state index contributed by atoms with van der Waals surface area (Å²) in [5.41, 5.74) is 0. The molecule has 16 heavy (non-hydrogen) atoms. The van der Waals surface area contributed by atoms with Crippen LogP contribution in [0.2, 0.25) is 0 Å². The highest BCUT2D eigenvalue weighted by atomic mass is 79.9. The molecule has 0 bridgehead atoms. The van der Waals surface area contributed by atoms with Crippen LogP contribution in [0, 0.1) is 0 Å². The van der Waals surface area contributed by atoms with Gasteiger partial charge in [-0.15, -0.1) is 0 Å². The zero-order chi connectivity index (χ0) is 11.5. The Morgan fingerprint density at radius 3 is 3.00 bits per heavy atom. The van der Waals surface area contributed by atoms with Crippen molar-refractivity contribution in [1.29, 1.82) is 0 Å². The number of hydrogen-bond acceptors (Lipinski definition) is 3. The smallest absolute Gasteiger partial charge is 0.287 e. The Labute approximate surface area is 102 Å². The molecule has 1 aliphatic heterocycles. The lowest BCUT2D eigenvalue weighted by Gasteiger charge is -2.19. The lowest BCUT2D eigenvalue weighted by molar-refractivity contribution is 0.0696. The van der Waals surface area contributed by atoms with Gasteiger partial charge in [-0.1, -0.05) is 0 Å². The minimum atomic E-state index is -0.200. The van der Waals surface area contributed by atoms with Crippen molar-refractivity contribution < 1.29 is 13.9 Å². The number of amides is 1. The first-order valence-corrected chi connectivity index (χ1v) is 6.14. The van der Waals surface area contributed by atoms with E-state index < -0.39 is 0 Å². The van der Waals surface area contributed by atoms with Gasteiger partial charge < -0.3 is 14.5 Å². The quantitative estimate of drug-likeness (QED) is 0.928. The first kappa shape index (κ1) is 11.7. The van der Waals surface area contributed by atoms with Crippen molar-refractivity contribution in [3.8, 4) is 0 Å². The predicted octanol–water partition coefficient (Wildman–Crippen LogP) is 2.34. The van der Waals surface area contributed by atoms with Gasteiger partial charge in [0.2, 0.25) is 0 Å². The van der Waals surface area contributed by atoms with E-state index in [4.69, 9.17) is 9.15 Å². The van der Waals surface area contributed by atoms with E-state index in [1.54, 1.807) is 12.1 Å². The van der Waals surface area contributed by atoms with Crippen molar-refractivity contribution in [2.24, 2.45) is 0 Å². The fourth-order valence-electron chi connectivity index (χ4n) is 1.80. The van der Waals surface area contributed by atoms with Gasteiger partial charge in [0.1, 0.15) is 0 Å². The van der Waals surface area contributed by atoms with Crippen molar-refractivity contribution in [3.63, 3.8) is 0 Å². The molecule has 0 radical (unpaired) electrons. The number of ether oxygens (including phenoxy) is 1. The minimum Gasteiger partial charge on any atom is -0.444 e. The standard InChI is InChI=1S/C11H14BrNO3/c1-7(8-3-2-6-15-8)13-11(14)9-4-5-10(12)16-9/h4-5,7-8H,2-3,6H2,1H3,(H,13,14)/t7-,8+/m1/s1. The molecule has 2 rings (SSSR count). The maximum absolute atomic E-state index is 11.7. The second-order valence-electron chi connectivity index (χ2n) is 3.92. The van der Waals surface area contributed by atoms with Gasteiger partial charge in [0.05, 0.1) is 12.1 Å². The average molecular weight is 288 g/mol. The summed E-state index contributed by atoms with van der Waals surface area (Å²) in [4.78, 5) is 11.7. The molecule has 88 valence electrons. The third-order valence-electron chi connectivity index (χ3n) is 2.68. The van der Waals surface area contributed by atoms with Crippen LogP contribution in [0.3, 0.4) is 0 Å². The number of nitrogens with one attached hydrogen (secondary N) is 1. The molecule has 1 amide bonds. The van der Waals surface area contributed by atoms with Gasteiger partial charge in [0, 0.05) is 6.61 Å². The van der Waals surface area contributed by atoms with Crippen LogP contribution in [0.1, 0.15) is 30.3 Å². The highest BCUT2D eigenvalue weighted by Crippen LogP contribution is 2.17. The number of hydrogen-bond donors (Lipinski definition) is 1. The first-order valence-electron chi connectivity index (χ1n) is 5.34. The van der Waals surface area contributed by atoms with Gasteiger partial charge in [-0.05, 0) is 47.8 Å². The molecule has 2 atom stereocenters. The molecule has 1 fully saturated rings. The summed E-state index contributed by atoms with van der Waals surface area (Å²) < 4.78 is 11.2. The van der Waals surface area contributed by atoms with Crippen molar-refractivity contribution >= 4 is 21.8 Å². The normalized spacial score (nSPS) is 22.0. The van der Waals surface area contributed by atoms with Crippen LogP contribution >= 0.6 is 15.9 Å². The molecule has 1 aliphatic rings. The summed E-state index contributed by atoms with van der Waals surface area (Å²) in [6.07, 6.45) is 2.20. The molecule has 1 saturated heterocycles. The zero-order valence-electron chi connectivity index (χ0n) is 9.03. The Morgan fingerprint density at radius 2 is 2.44 bits per heavy atom. The van der Waals surface area contributed by atoms with Crippen LogP contribution < -0.4 is 5.32 Å². The molecule has 0 aromatic carbocycles. The number of rotatable bonds is 3. The molecule has 2 heterocycles. The lowest BCUT2D eigenvalue weighted by atomic mass is 10.1. The molecule has 1 N–H and O–H groups in total. The van der Waals surface area contributed by atoms with Crippen LogP contribution in [0.4, 0.5) is 0 Å². The van der Waals surface area contributed by atoms with E-state index in [1.807, 2.05) is 6.92 Å². The zero-order valence-corrected chi connectivity index (χ0v) is 10.6. The summed E-state index contributed by atoms with van der Waals surface area (Å²) in [7, 11) is 0. The van der Waals surface area contributed by atoms with Crippen molar-refractivity contribution in [1.82, 2.24) is 5.32 Å². The maximum Gasteiger partial charge on any atom is 0.287 e. The van der Waals surface area contributed by atoms with Gasteiger partial charge in [0.15, 0.2) is 10.4 Å². The summed E-state index contributed by atoms with van der Waals surface area (Å²) >= 11 is 3.16. The summed E-state index contributed by atoms with van der Waals surface area (Å²) in [6.45, 7) is 2.74. The van der Waals surface area contributed by atoms with Crippen LogP contribution in [-0.2, 0) is 4.74 Å². The maximum atomic E-state index is 11.7. The first-order chi connectivity index (χ1) is 7.66. The third kappa shape index (κ3) is 2.65. The molecular weight excluding hydrogens is 274 g/mol. The highest BCUT2D eigenvalue weighted by molar-refractivity contribution is 9.10. The minimum absolute atomic E-state index is 0.0128. The van der Waals surface area contributed by atoms with Crippen molar-refractivity contribution in [2.45, 2.75) is 31.9 Å². The summed E-state index contributed by atoms with van der Waals surface area (Å²) in [5, 5.41) is 2.87. The second-order valence-corrected chi connectivity index (χ2v) is 4.70. The number of halogens is 1. The third-order valence-corrected chi connectivity index (χ3v) is 3.10. The second kappa shape index (κ2) is 5.01. The SMILES string of the molecule is C[C@@H](NC(=O)c1ccc(Br)o1)[C@@H]1CCCO1. The fourth-order valence-corrected chi connectivity index (χ4v) is 2.11. The molecule has 0 spiro atoms. The molecule has 5 heteroatoms. The van der Waals surface area contributed by atoms with E-state index in [2.05, 4.69) is 21.2 Å². The lowest BCUT2D eigenvalue weighted by Crippen LogP contribution is -2.40. The van der Waals surface area contributed by atoms with Crippen molar-refractivity contribution in [3.05, 3.63) is 22.6 Å². The van der Waals surface area contributed by atoms with E-state index in [9.17, 15) is 4.79 Å². The van der Waals surface area contributed by atoms with Crippen LogP contribution in [-0.4, -0.2) is 24.7 Å². The average Bonchev–Trinajstić information content (AvgIpc) is 2.87. The number of carbonyl (C=O) groups is 1. The van der Waals surface area contributed by atoms with Crippen molar-refractivity contribution in [2.75, 3.05) is 6.61 Å². The molecular formula is C11H14BrNO3. The summed E-state index contributed by atoms with van der Waals surface area (Å²) in [5.74, 6) is 0.116. The fraction of sp³-hybridized carbons (Fsp3) is 0.545. The number of furan rings is 1. The van der Waals surface area contributed by atoms with E-state index in [-0.39, 0.29) is 18.1 Å². The van der Waals surface area contributed by atoms with E-state index >= 15 is 0 Å². The number of carbonyl (C=O) groups excluding carboxylic acids is 1. The molecule has 1 aromatic heterocycles. The topological polar surface area (TPSA) is 51.5 Å². The van der Waals surface area contributed by atoms with Crippen LogP contribution in [0.25, 0.3) is 0 Å². The van der Waals surface area contributed by atoms with Gasteiger partial charge in [0.25, 0.3) is 5.91 Å². The van der Waals surface area contributed by atoms with E-state index in [0.717, 1.165) is 19.4 Å². The molecule has 1 aromatic rings. The Balaban J connectivity index is 1.91. The molecule has 0 aliphatic carbocycles. The van der Waals surface area contributed by atoms with E-state index in [0.29, 0.717) is 10.4 Å². The van der Waals surface area contributed by atoms with Gasteiger partial charge >= 0.3 is 0 Å². The highest BCUT2D eigenvalue weighted by Gasteiger charge is 2.24. The molecule has 0 unspecified atom stereocenters. The van der Waals surface area contributed by atoms with E-state index in [1.165, 1.54) is 0 Å². The van der Waals surface area contributed by atoms with Crippen LogP contribution in [0.15, 0.2) is 21.2 Å². The Morgan fingerprint density at radius 1 is 1.62 bits per heavy atom. The molecule has 0 saturated carbocycles. The predicted molar refractivity (Wildman–Crippen MR) is 62.3 cm³/mol. The monoisotopic (exact) mass is 287 g/mol. The molecule has 4 nitrogen and oxygen atoms in total. The summed E-state index contributed by atoms with van der Waals surface area (Å²) in [6, 6.07) is 3.35. The Bertz CT molecular complexity index is 371. The van der Waals surface area contributed by atoms with Crippen LogP contribution in [0.5, 0.6) is 0 Å². The van der Waals surface area contributed by atoms with Gasteiger partial charge in [-0.3, -0.25) is 4.79 Å². The van der Waals surface area contributed by atoms with Gasteiger partial charge in [-0.25, -0.2) is 0 Å². The largest absolute Gasteiger partial charge is 0.444 e.